The Morgan fingerprint density at radius 2 is 1.82 bits per heavy atom. The first-order chi connectivity index (χ1) is 8.09. The van der Waals surface area contributed by atoms with Crippen molar-refractivity contribution in [1.29, 1.82) is 0 Å². The fourth-order valence-corrected chi connectivity index (χ4v) is 2.82. The molecule has 17 heavy (non-hydrogen) atoms. The van der Waals surface area contributed by atoms with Crippen LogP contribution < -0.4 is 5.73 Å². The fourth-order valence-electron chi connectivity index (χ4n) is 2.51. The minimum absolute atomic E-state index is 0.319. The van der Waals surface area contributed by atoms with E-state index in [-0.39, 0.29) is 6.04 Å². The highest BCUT2D eigenvalue weighted by Gasteiger charge is 2.28. The molecule has 1 aliphatic rings. The number of hydrogen-bond acceptors (Lipinski definition) is 2. The van der Waals surface area contributed by atoms with E-state index in [1.54, 1.807) is 12.1 Å². The molecule has 1 aromatic carbocycles. The summed E-state index contributed by atoms with van der Waals surface area (Å²) in [7, 11) is 0. The molecule has 1 fully saturated rings. The van der Waals surface area contributed by atoms with Crippen LogP contribution in [0.4, 0.5) is 0 Å². The summed E-state index contributed by atoms with van der Waals surface area (Å²) in [5, 5.41) is 11.2. The Morgan fingerprint density at radius 3 is 2.41 bits per heavy atom. The van der Waals surface area contributed by atoms with Crippen LogP contribution in [0.3, 0.4) is 0 Å². The lowest BCUT2D eigenvalue weighted by molar-refractivity contribution is 0.0845. The Hall–Kier alpha value is -0.280. The third kappa shape index (κ3) is 2.94. The van der Waals surface area contributed by atoms with Crippen LogP contribution >= 0.6 is 23.2 Å². The predicted octanol–water partition coefficient (Wildman–Crippen LogP) is 3.54. The van der Waals surface area contributed by atoms with Gasteiger partial charge in [-0.25, -0.2) is 0 Å². The quantitative estimate of drug-likeness (QED) is 0.885. The Kier molecular flexibility index (Phi) is 4.31. The second kappa shape index (κ2) is 5.57. The lowest BCUT2D eigenvalue weighted by Gasteiger charge is -2.24. The van der Waals surface area contributed by atoms with Crippen LogP contribution in [0.5, 0.6) is 0 Å². The predicted molar refractivity (Wildman–Crippen MR) is 71.4 cm³/mol. The zero-order chi connectivity index (χ0) is 12.4. The van der Waals surface area contributed by atoms with Crippen molar-refractivity contribution >= 4 is 23.2 Å². The molecule has 0 heterocycles. The van der Waals surface area contributed by atoms with E-state index in [1.807, 2.05) is 6.07 Å². The smallest absolute Gasteiger partial charge is 0.0760 e. The molecule has 2 atom stereocenters. The van der Waals surface area contributed by atoms with E-state index in [4.69, 9.17) is 28.9 Å². The highest BCUT2D eigenvalue weighted by molar-refractivity contribution is 6.42. The summed E-state index contributed by atoms with van der Waals surface area (Å²) in [6.07, 6.45) is 4.02. The molecule has 0 aromatic heterocycles. The lowest BCUT2D eigenvalue weighted by Crippen LogP contribution is -2.31. The standard InChI is InChI=1S/C13H17Cl2NO/c14-10-6-5-9(7-11(10)15)12(16)13(17)8-3-1-2-4-8/h5-8,12-13,17H,1-4,16H2/t12-,13+/m0/s1. The Bertz CT molecular complexity index is 391. The summed E-state index contributed by atoms with van der Waals surface area (Å²) in [5.74, 6) is 0.319. The normalized spacial score (nSPS) is 20.5. The van der Waals surface area contributed by atoms with Gasteiger partial charge in [-0.1, -0.05) is 42.1 Å². The van der Waals surface area contributed by atoms with E-state index in [1.165, 1.54) is 12.8 Å². The minimum atomic E-state index is -0.491. The lowest BCUT2D eigenvalue weighted by atomic mass is 9.91. The van der Waals surface area contributed by atoms with Crippen molar-refractivity contribution in [3.63, 3.8) is 0 Å². The summed E-state index contributed by atoms with van der Waals surface area (Å²) in [6.45, 7) is 0. The molecular weight excluding hydrogens is 257 g/mol. The third-order valence-electron chi connectivity index (χ3n) is 3.58. The van der Waals surface area contributed by atoms with Gasteiger partial charge in [-0.05, 0) is 36.5 Å². The maximum atomic E-state index is 10.2. The first kappa shape index (κ1) is 13.2. The van der Waals surface area contributed by atoms with Crippen molar-refractivity contribution in [2.45, 2.75) is 37.8 Å². The average Bonchev–Trinajstić information content (AvgIpc) is 2.84. The van der Waals surface area contributed by atoms with Crippen molar-refractivity contribution in [3.05, 3.63) is 33.8 Å². The molecule has 4 heteroatoms. The van der Waals surface area contributed by atoms with Crippen LogP contribution in [0.1, 0.15) is 37.3 Å². The third-order valence-corrected chi connectivity index (χ3v) is 4.32. The first-order valence-corrected chi connectivity index (χ1v) is 6.74. The van der Waals surface area contributed by atoms with Gasteiger partial charge in [0.25, 0.3) is 0 Å². The maximum Gasteiger partial charge on any atom is 0.0760 e. The van der Waals surface area contributed by atoms with Crippen LogP contribution in [0.25, 0.3) is 0 Å². The molecule has 1 aliphatic carbocycles. The summed E-state index contributed by atoms with van der Waals surface area (Å²) in [6, 6.07) is 4.91. The molecule has 2 rings (SSSR count). The number of rotatable bonds is 3. The van der Waals surface area contributed by atoms with Crippen molar-refractivity contribution < 1.29 is 5.11 Å². The summed E-state index contributed by atoms with van der Waals surface area (Å²) in [4.78, 5) is 0. The van der Waals surface area contributed by atoms with E-state index >= 15 is 0 Å². The van der Waals surface area contributed by atoms with Gasteiger partial charge in [0.15, 0.2) is 0 Å². The van der Waals surface area contributed by atoms with E-state index < -0.39 is 6.10 Å². The zero-order valence-electron chi connectivity index (χ0n) is 9.57. The molecule has 0 amide bonds. The summed E-state index contributed by atoms with van der Waals surface area (Å²) in [5.41, 5.74) is 6.93. The van der Waals surface area contributed by atoms with Gasteiger partial charge in [0, 0.05) is 0 Å². The fraction of sp³-hybridized carbons (Fsp3) is 0.538. The van der Waals surface area contributed by atoms with Gasteiger partial charge in [-0.3, -0.25) is 0 Å². The van der Waals surface area contributed by atoms with Crippen LogP contribution in [0.15, 0.2) is 18.2 Å². The molecule has 0 spiro atoms. The van der Waals surface area contributed by atoms with Gasteiger partial charge < -0.3 is 10.8 Å². The molecule has 3 N–H and O–H groups in total. The van der Waals surface area contributed by atoms with E-state index in [0.29, 0.717) is 16.0 Å². The van der Waals surface area contributed by atoms with Crippen LogP contribution in [0, 0.1) is 5.92 Å². The number of hydrogen-bond donors (Lipinski definition) is 2. The van der Waals surface area contributed by atoms with Crippen molar-refractivity contribution in [2.75, 3.05) is 0 Å². The first-order valence-electron chi connectivity index (χ1n) is 5.98. The highest BCUT2D eigenvalue weighted by atomic mass is 35.5. The minimum Gasteiger partial charge on any atom is -0.391 e. The second-order valence-corrected chi connectivity index (χ2v) is 5.55. The van der Waals surface area contributed by atoms with Gasteiger partial charge in [0.05, 0.1) is 22.2 Å². The zero-order valence-corrected chi connectivity index (χ0v) is 11.1. The van der Waals surface area contributed by atoms with Gasteiger partial charge in [-0.2, -0.15) is 0 Å². The molecule has 1 saturated carbocycles. The van der Waals surface area contributed by atoms with Gasteiger partial charge in [0.1, 0.15) is 0 Å². The molecule has 0 aliphatic heterocycles. The topological polar surface area (TPSA) is 46.2 Å². The van der Waals surface area contributed by atoms with Gasteiger partial charge in [0.2, 0.25) is 0 Å². The number of halogens is 2. The molecule has 0 bridgehead atoms. The molecule has 2 nitrogen and oxygen atoms in total. The monoisotopic (exact) mass is 273 g/mol. The van der Waals surface area contributed by atoms with Crippen molar-refractivity contribution in [3.8, 4) is 0 Å². The second-order valence-electron chi connectivity index (χ2n) is 4.73. The highest BCUT2D eigenvalue weighted by Crippen LogP contribution is 2.33. The molecule has 94 valence electrons. The molecule has 0 unspecified atom stereocenters. The number of aliphatic hydroxyl groups excluding tert-OH is 1. The van der Waals surface area contributed by atoms with E-state index in [2.05, 4.69) is 0 Å². The average molecular weight is 274 g/mol. The van der Waals surface area contributed by atoms with Crippen LogP contribution in [0.2, 0.25) is 10.0 Å². The van der Waals surface area contributed by atoms with E-state index in [0.717, 1.165) is 18.4 Å². The van der Waals surface area contributed by atoms with Crippen LogP contribution in [-0.2, 0) is 0 Å². The molecule has 1 aromatic rings. The van der Waals surface area contributed by atoms with Crippen molar-refractivity contribution in [2.24, 2.45) is 11.7 Å². The van der Waals surface area contributed by atoms with Gasteiger partial charge in [-0.15, -0.1) is 0 Å². The van der Waals surface area contributed by atoms with Crippen molar-refractivity contribution in [1.82, 2.24) is 0 Å². The number of nitrogens with two attached hydrogens (primary N) is 1. The number of benzene rings is 1. The molecule has 0 saturated heterocycles. The summed E-state index contributed by atoms with van der Waals surface area (Å²) >= 11 is 11.8. The Morgan fingerprint density at radius 1 is 1.18 bits per heavy atom. The largest absolute Gasteiger partial charge is 0.391 e. The summed E-state index contributed by atoms with van der Waals surface area (Å²) < 4.78 is 0. The Balaban J connectivity index is 2.12. The molecular formula is C13H17Cl2NO. The van der Waals surface area contributed by atoms with Crippen LogP contribution in [-0.4, -0.2) is 11.2 Å². The SMILES string of the molecule is N[C@@H](c1ccc(Cl)c(Cl)c1)[C@H](O)C1CCCC1. The maximum absolute atomic E-state index is 10.2. The number of aliphatic hydroxyl groups is 1. The van der Waals surface area contributed by atoms with Gasteiger partial charge >= 0.3 is 0 Å². The molecule has 0 radical (unpaired) electrons. The van der Waals surface area contributed by atoms with E-state index in [9.17, 15) is 5.11 Å². The Labute approximate surface area is 112 Å².